The molecule has 0 aliphatic carbocycles. The van der Waals surface area contributed by atoms with E-state index in [9.17, 15) is 9.90 Å². The Morgan fingerprint density at radius 2 is 1.84 bits per heavy atom. The van der Waals surface area contributed by atoms with E-state index in [4.69, 9.17) is 34.8 Å². The van der Waals surface area contributed by atoms with Gasteiger partial charge in [0.05, 0.1) is 15.1 Å². The van der Waals surface area contributed by atoms with Crippen LogP contribution >= 0.6 is 34.8 Å². The molecule has 6 heteroatoms. The molecule has 1 aliphatic rings. The van der Waals surface area contributed by atoms with E-state index in [0.717, 1.165) is 12.8 Å². The van der Waals surface area contributed by atoms with E-state index in [2.05, 4.69) is 6.92 Å². The van der Waals surface area contributed by atoms with Gasteiger partial charge in [-0.25, -0.2) is 0 Å². The van der Waals surface area contributed by atoms with Crippen molar-refractivity contribution in [3.63, 3.8) is 0 Å². The lowest BCUT2D eigenvalue weighted by molar-refractivity contribution is 0.0694. The van der Waals surface area contributed by atoms with Crippen molar-refractivity contribution in [1.82, 2.24) is 4.90 Å². The monoisotopic (exact) mass is 321 g/mol. The zero-order chi connectivity index (χ0) is 14.2. The normalized spacial score (nSPS) is 16.7. The minimum absolute atomic E-state index is 0.00582. The number of phenols is 1. The molecule has 104 valence electrons. The van der Waals surface area contributed by atoms with E-state index in [1.165, 1.54) is 6.07 Å². The summed E-state index contributed by atoms with van der Waals surface area (Å²) in [5.74, 6) is -0.0189. The van der Waals surface area contributed by atoms with E-state index in [0.29, 0.717) is 19.0 Å². The summed E-state index contributed by atoms with van der Waals surface area (Å²) < 4.78 is 0. The van der Waals surface area contributed by atoms with Gasteiger partial charge in [0, 0.05) is 13.1 Å². The van der Waals surface area contributed by atoms with Crippen molar-refractivity contribution in [3.8, 4) is 5.75 Å². The maximum absolute atomic E-state index is 12.4. The number of phenolic OH excluding ortho intramolecular Hbond substituents is 1. The maximum Gasteiger partial charge on any atom is 0.259 e. The molecule has 1 heterocycles. The molecule has 0 radical (unpaired) electrons. The smallest absolute Gasteiger partial charge is 0.259 e. The van der Waals surface area contributed by atoms with Crippen LogP contribution in [-0.2, 0) is 0 Å². The fraction of sp³-hybridized carbons (Fsp3) is 0.462. The molecular formula is C13H14Cl3NO2. The summed E-state index contributed by atoms with van der Waals surface area (Å²) in [5.41, 5.74) is -0.00582. The molecule has 2 rings (SSSR count). The second kappa shape index (κ2) is 5.78. The molecule has 0 saturated carbocycles. The standard InChI is InChI=1S/C13H14Cl3NO2/c1-7-2-4-17(5-3-7)13(19)10-11(16)8(14)6-9(15)12(10)18/h6-7,18H,2-5H2,1H3. The fourth-order valence-electron chi connectivity index (χ4n) is 2.15. The van der Waals surface area contributed by atoms with E-state index < -0.39 is 0 Å². The highest BCUT2D eigenvalue weighted by molar-refractivity contribution is 6.45. The molecule has 0 aromatic heterocycles. The van der Waals surface area contributed by atoms with Crippen molar-refractivity contribution in [2.24, 2.45) is 5.92 Å². The lowest BCUT2D eigenvalue weighted by atomic mass is 9.98. The lowest BCUT2D eigenvalue weighted by Gasteiger charge is -2.30. The van der Waals surface area contributed by atoms with Crippen LogP contribution in [0.15, 0.2) is 6.07 Å². The Hall–Kier alpha value is -0.640. The predicted octanol–water partition coefficient (Wildman–Crippen LogP) is 4.22. The topological polar surface area (TPSA) is 40.5 Å². The first-order valence-corrected chi connectivity index (χ1v) is 7.21. The summed E-state index contributed by atoms with van der Waals surface area (Å²) in [6.07, 6.45) is 1.89. The van der Waals surface area contributed by atoms with Crippen molar-refractivity contribution in [2.45, 2.75) is 19.8 Å². The van der Waals surface area contributed by atoms with Gasteiger partial charge >= 0.3 is 0 Å². The first kappa shape index (κ1) is 14.8. The molecule has 0 spiro atoms. The zero-order valence-electron chi connectivity index (χ0n) is 10.4. The van der Waals surface area contributed by atoms with Gasteiger partial charge in [-0.2, -0.15) is 0 Å². The molecule has 1 N–H and O–H groups in total. The van der Waals surface area contributed by atoms with Crippen LogP contribution < -0.4 is 0 Å². The highest BCUT2D eigenvalue weighted by atomic mass is 35.5. The molecule has 0 atom stereocenters. The summed E-state index contributed by atoms with van der Waals surface area (Å²) in [6.45, 7) is 3.46. The second-order valence-electron chi connectivity index (χ2n) is 4.85. The van der Waals surface area contributed by atoms with Gasteiger partial charge in [0.1, 0.15) is 11.3 Å². The van der Waals surface area contributed by atoms with Gasteiger partial charge in [-0.1, -0.05) is 41.7 Å². The zero-order valence-corrected chi connectivity index (χ0v) is 12.7. The van der Waals surface area contributed by atoms with Crippen LogP contribution in [0.1, 0.15) is 30.1 Å². The molecular weight excluding hydrogens is 309 g/mol. The number of benzene rings is 1. The summed E-state index contributed by atoms with van der Waals surface area (Å²) >= 11 is 17.7. The number of aromatic hydroxyl groups is 1. The average molecular weight is 323 g/mol. The number of hydrogen-bond acceptors (Lipinski definition) is 2. The van der Waals surface area contributed by atoms with E-state index in [1.54, 1.807) is 4.90 Å². The summed E-state index contributed by atoms with van der Waals surface area (Å²) in [4.78, 5) is 14.1. The van der Waals surface area contributed by atoms with Crippen LogP contribution in [0.2, 0.25) is 15.1 Å². The Labute approximate surface area is 127 Å². The summed E-state index contributed by atoms with van der Waals surface area (Å²) in [7, 11) is 0. The summed E-state index contributed by atoms with van der Waals surface area (Å²) in [5, 5.41) is 10.2. The number of likely N-dealkylation sites (tertiary alicyclic amines) is 1. The summed E-state index contributed by atoms with van der Waals surface area (Å²) in [6, 6.07) is 1.33. The second-order valence-corrected chi connectivity index (χ2v) is 6.04. The minimum atomic E-state index is -0.321. The third-order valence-electron chi connectivity index (χ3n) is 3.43. The van der Waals surface area contributed by atoms with Gasteiger partial charge in [0.2, 0.25) is 0 Å². The number of rotatable bonds is 1. The van der Waals surface area contributed by atoms with Gasteiger partial charge in [-0.3, -0.25) is 4.79 Å². The minimum Gasteiger partial charge on any atom is -0.505 e. The van der Waals surface area contributed by atoms with Gasteiger partial charge < -0.3 is 10.0 Å². The van der Waals surface area contributed by atoms with E-state index >= 15 is 0 Å². The van der Waals surface area contributed by atoms with Crippen LogP contribution in [0, 0.1) is 5.92 Å². The van der Waals surface area contributed by atoms with Crippen LogP contribution in [-0.4, -0.2) is 29.0 Å². The number of carbonyl (C=O) groups is 1. The lowest BCUT2D eigenvalue weighted by Crippen LogP contribution is -2.38. The van der Waals surface area contributed by atoms with Crippen molar-refractivity contribution < 1.29 is 9.90 Å². The highest BCUT2D eigenvalue weighted by Gasteiger charge is 2.27. The first-order chi connectivity index (χ1) is 8.91. The van der Waals surface area contributed by atoms with Gasteiger partial charge in [0.25, 0.3) is 5.91 Å². The van der Waals surface area contributed by atoms with Crippen LogP contribution in [0.3, 0.4) is 0 Å². The van der Waals surface area contributed by atoms with Crippen LogP contribution in [0.5, 0.6) is 5.75 Å². The van der Waals surface area contributed by atoms with Crippen molar-refractivity contribution in [3.05, 3.63) is 26.7 Å². The first-order valence-electron chi connectivity index (χ1n) is 6.07. The molecule has 3 nitrogen and oxygen atoms in total. The van der Waals surface area contributed by atoms with E-state index in [1.807, 2.05) is 0 Å². The van der Waals surface area contributed by atoms with Crippen LogP contribution in [0.4, 0.5) is 0 Å². The maximum atomic E-state index is 12.4. The molecule has 1 aliphatic heterocycles. The Morgan fingerprint density at radius 1 is 1.26 bits per heavy atom. The molecule has 0 unspecified atom stereocenters. The number of hydrogen-bond donors (Lipinski definition) is 1. The molecule has 19 heavy (non-hydrogen) atoms. The predicted molar refractivity (Wildman–Crippen MR) is 77.4 cm³/mol. The van der Waals surface area contributed by atoms with Gasteiger partial charge in [-0.15, -0.1) is 0 Å². The van der Waals surface area contributed by atoms with E-state index in [-0.39, 0.29) is 32.3 Å². The van der Waals surface area contributed by atoms with Gasteiger partial charge in [0.15, 0.2) is 0 Å². The van der Waals surface area contributed by atoms with Crippen molar-refractivity contribution in [2.75, 3.05) is 13.1 Å². The SMILES string of the molecule is CC1CCN(C(=O)c2c(O)c(Cl)cc(Cl)c2Cl)CC1. The largest absolute Gasteiger partial charge is 0.505 e. The molecule has 1 fully saturated rings. The number of carbonyl (C=O) groups excluding carboxylic acids is 1. The molecule has 1 aromatic carbocycles. The fourth-order valence-corrected chi connectivity index (χ4v) is 2.84. The quantitative estimate of drug-likeness (QED) is 0.786. The number of nitrogens with zero attached hydrogens (tertiary/aromatic N) is 1. The Morgan fingerprint density at radius 3 is 2.42 bits per heavy atom. The molecule has 1 amide bonds. The molecule has 0 bridgehead atoms. The van der Waals surface area contributed by atoms with Crippen LogP contribution in [0.25, 0.3) is 0 Å². The highest BCUT2D eigenvalue weighted by Crippen LogP contribution is 2.39. The Kier molecular flexibility index (Phi) is 4.49. The van der Waals surface area contributed by atoms with Crippen molar-refractivity contribution in [1.29, 1.82) is 0 Å². The molecule has 1 saturated heterocycles. The third-order valence-corrected chi connectivity index (χ3v) is 4.51. The number of amides is 1. The number of halogens is 3. The number of piperidine rings is 1. The average Bonchev–Trinajstić information content (AvgIpc) is 2.37. The van der Waals surface area contributed by atoms with Crippen molar-refractivity contribution >= 4 is 40.7 Å². The van der Waals surface area contributed by atoms with Gasteiger partial charge in [-0.05, 0) is 24.8 Å². The third kappa shape index (κ3) is 2.93. The Bertz CT molecular complexity index is 485. The molecule has 1 aromatic rings. The Balaban J connectivity index is 2.34.